The van der Waals surface area contributed by atoms with E-state index in [0.29, 0.717) is 5.75 Å². The van der Waals surface area contributed by atoms with Gasteiger partial charge in [0.25, 0.3) is 0 Å². The van der Waals surface area contributed by atoms with Gasteiger partial charge >= 0.3 is 11.9 Å². The number of hydrogen-bond donors (Lipinski definition) is 1. The molecule has 4 nitrogen and oxygen atoms in total. The van der Waals surface area contributed by atoms with Crippen LogP contribution in [0, 0.1) is 5.92 Å². The number of carboxylic acids is 1. The van der Waals surface area contributed by atoms with E-state index in [-0.39, 0.29) is 17.5 Å². The summed E-state index contributed by atoms with van der Waals surface area (Å²) < 4.78 is 5.38. The number of carbonyl (C=O) groups is 2. The van der Waals surface area contributed by atoms with Gasteiger partial charge in [-0.05, 0) is 62.8 Å². The Morgan fingerprint density at radius 3 is 2.10 bits per heavy atom. The smallest absolute Gasteiger partial charge is 0.335 e. The van der Waals surface area contributed by atoms with Gasteiger partial charge in [-0.15, -0.1) is 0 Å². The van der Waals surface area contributed by atoms with E-state index in [1.54, 1.807) is 0 Å². The molecule has 21 heavy (non-hydrogen) atoms. The molecule has 0 radical (unpaired) electrons. The molecule has 0 saturated carbocycles. The van der Waals surface area contributed by atoms with Crippen molar-refractivity contribution >= 4 is 11.9 Å². The van der Waals surface area contributed by atoms with E-state index < -0.39 is 5.97 Å². The fourth-order valence-corrected chi connectivity index (χ4v) is 3.22. The highest BCUT2D eigenvalue weighted by molar-refractivity contribution is 5.87. The zero-order chi connectivity index (χ0) is 14.8. The Labute approximate surface area is 123 Å². The van der Waals surface area contributed by atoms with Gasteiger partial charge in [0, 0.05) is 0 Å². The van der Waals surface area contributed by atoms with Crippen LogP contribution in [0.15, 0.2) is 35.4 Å². The molecule has 0 amide bonds. The summed E-state index contributed by atoms with van der Waals surface area (Å²) in [5.74, 6) is -0.838. The van der Waals surface area contributed by atoms with E-state index in [4.69, 9.17) is 9.84 Å². The van der Waals surface area contributed by atoms with Crippen molar-refractivity contribution in [1.29, 1.82) is 0 Å². The second-order valence-electron chi connectivity index (χ2n) is 5.77. The summed E-state index contributed by atoms with van der Waals surface area (Å²) in [5.41, 5.74) is 3.11. The van der Waals surface area contributed by atoms with E-state index >= 15 is 0 Å². The van der Waals surface area contributed by atoms with E-state index in [2.05, 4.69) is 0 Å². The van der Waals surface area contributed by atoms with Crippen LogP contribution in [0.3, 0.4) is 0 Å². The lowest BCUT2D eigenvalue weighted by molar-refractivity contribution is -0.138. The first-order valence-electron chi connectivity index (χ1n) is 7.38. The van der Waals surface area contributed by atoms with Gasteiger partial charge in [-0.1, -0.05) is 11.1 Å². The highest BCUT2D eigenvalue weighted by atomic mass is 16.5. The summed E-state index contributed by atoms with van der Waals surface area (Å²) >= 11 is 0. The number of ether oxygens (including phenoxy) is 1. The first kappa shape index (κ1) is 13.9. The van der Waals surface area contributed by atoms with Crippen LogP contribution in [-0.4, -0.2) is 17.0 Å². The number of esters is 1. The van der Waals surface area contributed by atoms with Gasteiger partial charge in [0.15, 0.2) is 0 Å². The topological polar surface area (TPSA) is 63.6 Å². The van der Waals surface area contributed by atoms with Crippen LogP contribution in [0.2, 0.25) is 0 Å². The van der Waals surface area contributed by atoms with Crippen molar-refractivity contribution in [2.75, 3.05) is 0 Å². The predicted molar refractivity (Wildman–Crippen MR) is 77.3 cm³/mol. The highest BCUT2D eigenvalue weighted by Gasteiger charge is 2.31. The Balaban J connectivity index is 1.61. The minimum Gasteiger partial charge on any atom is -0.478 e. The summed E-state index contributed by atoms with van der Waals surface area (Å²) in [6.07, 6.45) is 6.40. The Hall–Kier alpha value is -2.10. The quantitative estimate of drug-likeness (QED) is 0.524. The minimum absolute atomic E-state index is 0.0627. The Morgan fingerprint density at radius 2 is 1.57 bits per heavy atom. The normalized spacial score (nSPS) is 18.5. The van der Waals surface area contributed by atoms with Gasteiger partial charge in [-0.3, -0.25) is 4.79 Å². The molecule has 1 aromatic carbocycles. The Bertz CT molecular complexity index is 580. The fourth-order valence-electron chi connectivity index (χ4n) is 3.22. The maximum absolute atomic E-state index is 12.2. The Kier molecular flexibility index (Phi) is 3.78. The van der Waals surface area contributed by atoms with Crippen molar-refractivity contribution < 1.29 is 19.4 Å². The number of allylic oxidation sites excluding steroid dienone is 2. The fraction of sp³-hybridized carbons (Fsp3) is 0.412. The molecule has 0 heterocycles. The summed E-state index contributed by atoms with van der Waals surface area (Å²) in [6, 6.07) is 5.96. The summed E-state index contributed by atoms with van der Waals surface area (Å²) in [4.78, 5) is 23.0. The van der Waals surface area contributed by atoms with Crippen molar-refractivity contribution in [2.45, 2.75) is 38.5 Å². The van der Waals surface area contributed by atoms with E-state index in [9.17, 15) is 9.59 Å². The first-order valence-corrected chi connectivity index (χ1v) is 7.38. The zero-order valence-corrected chi connectivity index (χ0v) is 11.8. The van der Waals surface area contributed by atoms with E-state index in [1.807, 2.05) is 0 Å². The SMILES string of the molecule is O=C(O)c1ccc(OC(=O)C2CC3=C(CCCC3)C2)cc1. The van der Waals surface area contributed by atoms with Crippen molar-refractivity contribution in [3.63, 3.8) is 0 Å². The standard InChI is InChI=1S/C17H18O4/c18-16(19)11-5-7-15(8-6-11)21-17(20)14-9-12-3-1-2-4-13(12)10-14/h5-8,14H,1-4,9-10H2,(H,18,19). The van der Waals surface area contributed by atoms with Gasteiger partial charge in [0.05, 0.1) is 11.5 Å². The highest BCUT2D eigenvalue weighted by Crippen LogP contribution is 2.40. The Morgan fingerprint density at radius 1 is 1.00 bits per heavy atom. The molecule has 0 aromatic heterocycles. The molecule has 2 aliphatic carbocycles. The minimum atomic E-state index is -0.986. The van der Waals surface area contributed by atoms with Crippen LogP contribution in [0.5, 0.6) is 5.75 Å². The first-order chi connectivity index (χ1) is 10.1. The number of carboxylic acid groups (broad SMARTS) is 1. The average Bonchev–Trinajstić information content (AvgIpc) is 2.92. The molecule has 110 valence electrons. The third kappa shape index (κ3) is 2.99. The number of hydrogen-bond acceptors (Lipinski definition) is 3. The van der Waals surface area contributed by atoms with E-state index in [0.717, 1.165) is 25.7 Å². The molecule has 0 spiro atoms. The van der Waals surface area contributed by atoms with Crippen LogP contribution < -0.4 is 4.74 Å². The molecule has 0 bridgehead atoms. The van der Waals surface area contributed by atoms with Crippen LogP contribution in [-0.2, 0) is 4.79 Å². The molecule has 3 rings (SSSR count). The van der Waals surface area contributed by atoms with Crippen LogP contribution in [0.4, 0.5) is 0 Å². The van der Waals surface area contributed by atoms with Gasteiger partial charge in [0.1, 0.15) is 5.75 Å². The maximum Gasteiger partial charge on any atom is 0.335 e. The summed E-state index contributed by atoms with van der Waals surface area (Å²) in [7, 11) is 0. The van der Waals surface area contributed by atoms with Crippen molar-refractivity contribution in [2.24, 2.45) is 5.92 Å². The molecule has 0 aliphatic heterocycles. The molecular formula is C17H18O4. The summed E-state index contributed by atoms with van der Waals surface area (Å²) in [5, 5.41) is 8.84. The molecular weight excluding hydrogens is 268 g/mol. The largest absolute Gasteiger partial charge is 0.478 e. The number of benzene rings is 1. The molecule has 2 aliphatic rings. The zero-order valence-electron chi connectivity index (χ0n) is 11.8. The molecule has 1 N–H and O–H groups in total. The van der Waals surface area contributed by atoms with Crippen molar-refractivity contribution in [3.8, 4) is 5.75 Å². The van der Waals surface area contributed by atoms with Gasteiger partial charge in [0.2, 0.25) is 0 Å². The van der Waals surface area contributed by atoms with Gasteiger partial charge in [-0.25, -0.2) is 4.79 Å². The molecule has 1 aromatic rings. The number of carbonyl (C=O) groups excluding carboxylic acids is 1. The van der Waals surface area contributed by atoms with Gasteiger partial charge < -0.3 is 9.84 Å². The van der Waals surface area contributed by atoms with Crippen LogP contribution in [0.25, 0.3) is 0 Å². The molecule has 4 heteroatoms. The lowest BCUT2D eigenvalue weighted by Gasteiger charge is -2.12. The second kappa shape index (κ2) is 5.72. The molecule has 0 unspecified atom stereocenters. The lowest BCUT2D eigenvalue weighted by Crippen LogP contribution is -2.18. The monoisotopic (exact) mass is 286 g/mol. The predicted octanol–water partition coefficient (Wildman–Crippen LogP) is 3.57. The third-order valence-corrected chi connectivity index (χ3v) is 4.35. The number of rotatable bonds is 3. The second-order valence-corrected chi connectivity index (χ2v) is 5.77. The third-order valence-electron chi connectivity index (χ3n) is 4.35. The van der Waals surface area contributed by atoms with Crippen molar-refractivity contribution in [1.82, 2.24) is 0 Å². The molecule has 0 saturated heterocycles. The van der Waals surface area contributed by atoms with Crippen LogP contribution >= 0.6 is 0 Å². The summed E-state index contributed by atoms with van der Waals surface area (Å²) in [6.45, 7) is 0. The maximum atomic E-state index is 12.2. The average molecular weight is 286 g/mol. The lowest BCUT2D eigenvalue weighted by atomic mass is 9.94. The van der Waals surface area contributed by atoms with Gasteiger partial charge in [-0.2, -0.15) is 0 Å². The molecule has 0 fully saturated rings. The number of aromatic carboxylic acids is 1. The molecule has 0 atom stereocenters. The van der Waals surface area contributed by atoms with Crippen LogP contribution in [0.1, 0.15) is 48.9 Å². The van der Waals surface area contributed by atoms with Crippen molar-refractivity contribution in [3.05, 3.63) is 41.0 Å². The van der Waals surface area contributed by atoms with E-state index in [1.165, 1.54) is 48.3 Å².